The molecule has 0 radical (unpaired) electrons. The Kier molecular flexibility index (Phi) is 167. The highest BCUT2D eigenvalue weighted by atomic mass is 32.1. The van der Waals surface area contributed by atoms with Gasteiger partial charge < -0.3 is 5.73 Å². The van der Waals surface area contributed by atoms with Gasteiger partial charge in [0, 0.05) is 0 Å². The summed E-state index contributed by atoms with van der Waals surface area (Å²) in [7, 11) is 0. The fourth-order valence-corrected chi connectivity index (χ4v) is 0. The molecule has 0 aliphatic carbocycles. The van der Waals surface area contributed by atoms with Crippen molar-refractivity contribution < 1.29 is 0 Å². The Morgan fingerprint density at radius 3 is 1.09 bits per heavy atom. The lowest BCUT2D eigenvalue weighted by Gasteiger charge is -1.70. The highest BCUT2D eigenvalue weighted by molar-refractivity contribution is 7.79. The third-order valence-electron chi connectivity index (χ3n) is 0.289. The molecule has 0 spiro atoms. The van der Waals surface area contributed by atoms with Crippen LogP contribution in [0.5, 0.6) is 0 Å². The Bertz CT molecular complexity index is 17.0. The van der Waals surface area contributed by atoms with Gasteiger partial charge >= 0.3 is 0 Å². The van der Waals surface area contributed by atoms with E-state index in [0.717, 1.165) is 13.0 Å². The summed E-state index contributed by atoms with van der Waals surface area (Å²) in [5, 5.41) is 0. The number of hydrogen-bond acceptors (Lipinski definition) is 2. The summed E-state index contributed by atoms with van der Waals surface area (Å²) in [6.45, 7) is 11.1. The lowest BCUT2D eigenvalue weighted by Crippen LogP contribution is -1.93. The van der Waals surface area contributed by atoms with E-state index in [0.29, 0.717) is 0 Å². The van der Waals surface area contributed by atoms with Crippen molar-refractivity contribution in [1.82, 2.24) is 0 Å². The topological polar surface area (TPSA) is 26.0 Å². The van der Waals surface area contributed by atoms with Gasteiger partial charge in [0.1, 0.15) is 0 Å². The molecule has 0 heterocycles. The molecule has 74 valence electrons. The van der Waals surface area contributed by atoms with Crippen molar-refractivity contribution in [2.24, 2.45) is 5.73 Å². The highest BCUT2D eigenvalue weighted by Gasteiger charge is 1.55. The van der Waals surface area contributed by atoms with Gasteiger partial charge in [-0.25, -0.2) is 0 Å². The lowest BCUT2D eigenvalue weighted by molar-refractivity contribution is 0.932. The van der Waals surface area contributed by atoms with Crippen LogP contribution >= 0.6 is 12.6 Å². The van der Waals surface area contributed by atoms with E-state index in [-0.39, 0.29) is 0 Å². The van der Waals surface area contributed by atoms with Crippen molar-refractivity contribution in [3.63, 3.8) is 0 Å². The maximum Gasteiger partial charge on any atom is -0.00799 e. The molecule has 0 aromatic carbocycles. The second-order valence-electron chi connectivity index (χ2n) is 1.50. The van der Waals surface area contributed by atoms with Gasteiger partial charge in [-0.15, -0.1) is 0 Å². The van der Waals surface area contributed by atoms with Crippen LogP contribution in [-0.4, -0.2) is 12.8 Å². The summed E-state index contributed by atoms with van der Waals surface area (Å²) in [5.41, 5.74) is 5.03. The van der Waals surface area contributed by atoms with E-state index in [1.54, 1.807) is 6.26 Å². The van der Waals surface area contributed by atoms with E-state index >= 15 is 0 Å². The second-order valence-corrected chi connectivity index (χ2v) is 1.50. The molecule has 0 aromatic heterocycles. The Labute approximate surface area is 79.2 Å². The van der Waals surface area contributed by atoms with Crippen LogP contribution in [0, 0.1) is 0 Å². The molecule has 1 nitrogen and oxygen atoms in total. The fraction of sp³-hybridized carbons (Fsp3) is 1.00. The first-order valence-corrected chi connectivity index (χ1v) is 5.37. The fourth-order valence-electron chi connectivity index (χ4n) is 0. The average molecular weight is 181 g/mol. The molecule has 0 unspecified atom stereocenters. The summed E-state index contributed by atoms with van der Waals surface area (Å²) < 4.78 is 0. The zero-order chi connectivity index (χ0) is 10.1. The number of nitrogens with two attached hydrogens (primary N) is 1. The molecule has 0 rings (SSSR count). The summed E-state index contributed by atoms with van der Waals surface area (Å²) in [5.74, 6) is 0. The van der Waals surface area contributed by atoms with Crippen LogP contribution in [0.4, 0.5) is 0 Å². The van der Waals surface area contributed by atoms with Gasteiger partial charge in [-0.1, -0.05) is 41.0 Å². The van der Waals surface area contributed by atoms with Gasteiger partial charge in [0.15, 0.2) is 0 Å². The molecular weight excluding hydrogens is 154 g/mol. The van der Waals surface area contributed by atoms with E-state index in [9.17, 15) is 0 Å². The van der Waals surface area contributed by atoms with E-state index < -0.39 is 0 Å². The van der Waals surface area contributed by atoms with Crippen molar-refractivity contribution in [3.05, 3.63) is 0 Å². The van der Waals surface area contributed by atoms with E-state index in [1.807, 2.05) is 13.8 Å². The zero-order valence-corrected chi connectivity index (χ0v) is 10.0. The maximum atomic E-state index is 5.03. The average Bonchev–Trinajstić information content (AvgIpc) is 2.12. The summed E-state index contributed by atoms with van der Waals surface area (Å²) in [4.78, 5) is 0. The Balaban J connectivity index is -0.0000000315. The monoisotopic (exact) mass is 181 g/mol. The second kappa shape index (κ2) is 81.6. The van der Waals surface area contributed by atoms with Crippen molar-refractivity contribution in [2.45, 2.75) is 47.5 Å². The largest absolute Gasteiger partial charge is 0.330 e. The molecular formula is C9H27NS. The molecule has 2 heteroatoms. The molecule has 0 atom stereocenters. The minimum absolute atomic E-state index is 0.819. The van der Waals surface area contributed by atoms with Crippen LogP contribution < -0.4 is 5.73 Å². The first-order chi connectivity index (χ1) is 5.33. The van der Waals surface area contributed by atoms with Gasteiger partial charge in [-0.3, -0.25) is 0 Å². The normalized spacial score (nSPS) is 5.45. The lowest BCUT2D eigenvalue weighted by atomic mass is 10.5. The van der Waals surface area contributed by atoms with Gasteiger partial charge in [0.2, 0.25) is 0 Å². The highest BCUT2D eigenvalue weighted by Crippen LogP contribution is 1.57. The van der Waals surface area contributed by atoms with Crippen molar-refractivity contribution in [2.75, 3.05) is 12.8 Å². The van der Waals surface area contributed by atoms with Crippen LogP contribution in [0.15, 0.2) is 0 Å². The summed E-state index contributed by atoms with van der Waals surface area (Å²) in [6, 6.07) is 0. The van der Waals surface area contributed by atoms with E-state index in [4.69, 9.17) is 5.73 Å². The van der Waals surface area contributed by atoms with Crippen LogP contribution in [-0.2, 0) is 0 Å². The molecule has 11 heavy (non-hydrogen) atoms. The maximum absolute atomic E-state index is 5.03. The third kappa shape index (κ3) is 415. The molecule has 0 saturated carbocycles. The van der Waals surface area contributed by atoms with Crippen molar-refractivity contribution >= 4 is 12.6 Å². The van der Waals surface area contributed by atoms with Gasteiger partial charge in [0.05, 0.1) is 0 Å². The SMILES string of the molecule is CC.CCC.CCCN.CS. The minimum atomic E-state index is 0.819. The van der Waals surface area contributed by atoms with Gasteiger partial charge in [0.25, 0.3) is 0 Å². The molecule has 0 fully saturated rings. The van der Waals surface area contributed by atoms with E-state index in [1.165, 1.54) is 6.42 Å². The minimum Gasteiger partial charge on any atom is -0.330 e. The number of rotatable bonds is 1. The van der Waals surface area contributed by atoms with Crippen LogP contribution in [0.1, 0.15) is 47.5 Å². The third-order valence-corrected chi connectivity index (χ3v) is 0.289. The van der Waals surface area contributed by atoms with Gasteiger partial charge in [-0.05, 0) is 19.2 Å². The predicted octanol–water partition coefficient (Wildman–Crippen LogP) is 3.34. The first-order valence-electron chi connectivity index (χ1n) is 4.48. The number of hydrogen-bond donors (Lipinski definition) is 2. The van der Waals surface area contributed by atoms with E-state index in [2.05, 4.69) is 33.4 Å². The quantitative estimate of drug-likeness (QED) is 0.596. The predicted molar refractivity (Wildman–Crippen MR) is 61.6 cm³/mol. The smallest absolute Gasteiger partial charge is 0.00799 e. The molecule has 0 amide bonds. The molecule has 0 aliphatic rings. The Hall–Kier alpha value is 0.310. The molecule has 0 aliphatic heterocycles. The molecule has 0 aromatic rings. The molecule has 2 N–H and O–H groups in total. The summed E-state index contributed by atoms with van der Waals surface area (Å²) in [6.07, 6.45) is 4.04. The van der Waals surface area contributed by atoms with Crippen molar-refractivity contribution in [1.29, 1.82) is 0 Å². The van der Waals surface area contributed by atoms with Crippen LogP contribution in [0.3, 0.4) is 0 Å². The number of thiol groups is 1. The van der Waals surface area contributed by atoms with Crippen molar-refractivity contribution in [3.8, 4) is 0 Å². The Morgan fingerprint density at radius 2 is 1.09 bits per heavy atom. The molecule has 0 saturated heterocycles. The molecule has 0 bridgehead atoms. The summed E-state index contributed by atoms with van der Waals surface area (Å²) >= 11 is 3.53. The van der Waals surface area contributed by atoms with Gasteiger partial charge in [-0.2, -0.15) is 12.6 Å². The zero-order valence-electron chi connectivity index (χ0n) is 9.15. The Morgan fingerprint density at radius 1 is 1.00 bits per heavy atom. The first kappa shape index (κ1) is 22.5. The van der Waals surface area contributed by atoms with Crippen LogP contribution in [0.25, 0.3) is 0 Å². The standard InChI is InChI=1S/C3H9N.C3H8.C2H6.CH4S/c1-2-3-4;1-3-2;2*1-2/h2-4H2,1H3;3H2,1-2H3;1-2H3;2H,1H3. The van der Waals surface area contributed by atoms with Crippen LogP contribution in [0.2, 0.25) is 0 Å².